The molecule has 0 saturated carbocycles. The minimum atomic E-state index is 0.0899. The monoisotopic (exact) mass is 323 g/mol. The summed E-state index contributed by atoms with van der Waals surface area (Å²) >= 11 is 0. The summed E-state index contributed by atoms with van der Waals surface area (Å²) in [5, 5.41) is 0. The number of H-pyrrole nitrogens is 1. The average molecular weight is 323 g/mol. The number of para-hydroxylation sites is 3. The summed E-state index contributed by atoms with van der Waals surface area (Å²) in [6.07, 6.45) is 1.04. The molecule has 0 fully saturated rings. The second-order valence-corrected chi connectivity index (χ2v) is 5.68. The molecule has 0 bridgehead atoms. The van der Waals surface area contributed by atoms with Gasteiger partial charge in [-0.05, 0) is 24.3 Å². The maximum Gasteiger partial charge on any atom is 0.222 e. The molecule has 2 aromatic carbocycles. The van der Waals surface area contributed by atoms with Gasteiger partial charge in [0, 0.05) is 19.9 Å². The van der Waals surface area contributed by atoms with Crippen LogP contribution in [0.5, 0.6) is 5.75 Å². The first-order chi connectivity index (χ1) is 11.7. The average Bonchev–Trinajstić information content (AvgIpc) is 3.03. The van der Waals surface area contributed by atoms with Crippen LogP contribution in [0.1, 0.15) is 12.2 Å². The number of nitrogens with one attached hydrogen (secondary N) is 1. The van der Waals surface area contributed by atoms with Gasteiger partial charge in [-0.2, -0.15) is 0 Å². The van der Waals surface area contributed by atoms with E-state index in [1.54, 1.807) is 11.9 Å². The Labute approximate surface area is 141 Å². The lowest BCUT2D eigenvalue weighted by molar-refractivity contribution is -0.130. The van der Waals surface area contributed by atoms with Crippen molar-refractivity contribution < 1.29 is 9.53 Å². The first kappa shape index (κ1) is 16.1. The van der Waals surface area contributed by atoms with Gasteiger partial charge in [-0.25, -0.2) is 4.98 Å². The summed E-state index contributed by atoms with van der Waals surface area (Å²) in [7, 11) is 1.80. The zero-order valence-electron chi connectivity index (χ0n) is 13.7. The van der Waals surface area contributed by atoms with Crippen molar-refractivity contribution in [2.45, 2.75) is 12.8 Å². The van der Waals surface area contributed by atoms with Crippen molar-refractivity contribution in [3.8, 4) is 5.75 Å². The normalized spacial score (nSPS) is 10.7. The van der Waals surface area contributed by atoms with E-state index in [4.69, 9.17) is 4.74 Å². The van der Waals surface area contributed by atoms with E-state index in [0.29, 0.717) is 26.0 Å². The first-order valence-corrected chi connectivity index (χ1v) is 8.08. The fraction of sp³-hybridized carbons (Fsp3) is 0.263. The smallest absolute Gasteiger partial charge is 0.222 e. The molecule has 5 heteroatoms. The van der Waals surface area contributed by atoms with Gasteiger partial charge in [0.15, 0.2) is 0 Å². The van der Waals surface area contributed by atoms with Crippen molar-refractivity contribution in [2.75, 3.05) is 20.2 Å². The zero-order valence-corrected chi connectivity index (χ0v) is 13.7. The molecule has 1 aromatic heterocycles. The minimum absolute atomic E-state index is 0.0899. The Morgan fingerprint density at radius 2 is 1.88 bits per heavy atom. The topological polar surface area (TPSA) is 58.2 Å². The molecule has 124 valence electrons. The summed E-state index contributed by atoms with van der Waals surface area (Å²) in [5.74, 6) is 1.76. The molecule has 3 rings (SSSR count). The van der Waals surface area contributed by atoms with E-state index < -0.39 is 0 Å². The summed E-state index contributed by atoms with van der Waals surface area (Å²) in [4.78, 5) is 21.6. The van der Waals surface area contributed by atoms with Gasteiger partial charge in [0.25, 0.3) is 0 Å². The van der Waals surface area contributed by atoms with Crippen molar-refractivity contribution in [1.29, 1.82) is 0 Å². The Morgan fingerprint density at radius 3 is 2.67 bits per heavy atom. The van der Waals surface area contributed by atoms with Gasteiger partial charge in [-0.3, -0.25) is 4.79 Å². The van der Waals surface area contributed by atoms with Crippen LogP contribution < -0.4 is 4.74 Å². The van der Waals surface area contributed by atoms with Gasteiger partial charge < -0.3 is 14.6 Å². The number of carbonyl (C=O) groups excluding carboxylic acids is 1. The summed E-state index contributed by atoms with van der Waals surface area (Å²) < 4.78 is 5.62. The number of rotatable bonds is 7. The van der Waals surface area contributed by atoms with Crippen LogP contribution in [0.15, 0.2) is 54.6 Å². The van der Waals surface area contributed by atoms with Gasteiger partial charge in [0.2, 0.25) is 5.91 Å². The van der Waals surface area contributed by atoms with Crippen molar-refractivity contribution in [1.82, 2.24) is 14.9 Å². The molecule has 0 aliphatic rings. The number of aryl methyl sites for hydroxylation is 1. The van der Waals surface area contributed by atoms with Crippen LogP contribution in [0.4, 0.5) is 0 Å². The summed E-state index contributed by atoms with van der Waals surface area (Å²) in [5.41, 5.74) is 1.94. The van der Waals surface area contributed by atoms with E-state index in [-0.39, 0.29) is 5.91 Å². The van der Waals surface area contributed by atoms with Gasteiger partial charge >= 0.3 is 0 Å². The molecule has 1 heterocycles. The predicted octanol–water partition coefficient (Wildman–Crippen LogP) is 3.03. The van der Waals surface area contributed by atoms with E-state index in [2.05, 4.69) is 9.97 Å². The van der Waals surface area contributed by atoms with E-state index in [1.165, 1.54) is 0 Å². The molecule has 0 atom stereocenters. The highest BCUT2D eigenvalue weighted by atomic mass is 16.5. The van der Waals surface area contributed by atoms with Crippen LogP contribution in [0, 0.1) is 0 Å². The Balaban J connectivity index is 1.44. The van der Waals surface area contributed by atoms with Gasteiger partial charge in [-0.15, -0.1) is 0 Å². The molecule has 0 aliphatic heterocycles. The third-order valence-corrected chi connectivity index (χ3v) is 3.88. The predicted molar refractivity (Wildman–Crippen MR) is 94.0 cm³/mol. The van der Waals surface area contributed by atoms with Crippen molar-refractivity contribution >= 4 is 16.9 Å². The van der Waals surface area contributed by atoms with Crippen LogP contribution in [-0.2, 0) is 11.2 Å². The number of likely N-dealkylation sites (N-methyl/N-ethyl adjacent to an activating group) is 1. The first-order valence-electron chi connectivity index (χ1n) is 8.08. The number of carbonyl (C=O) groups is 1. The number of aromatic amines is 1. The van der Waals surface area contributed by atoms with Crippen LogP contribution >= 0.6 is 0 Å². The molecule has 3 aromatic rings. The Hall–Kier alpha value is -2.82. The molecule has 0 aliphatic carbocycles. The van der Waals surface area contributed by atoms with Gasteiger partial charge in [0.05, 0.1) is 17.6 Å². The Bertz CT molecular complexity index is 765. The summed E-state index contributed by atoms with van der Waals surface area (Å²) in [6, 6.07) is 17.5. The fourth-order valence-corrected chi connectivity index (χ4v) is 2.48. The van der Waals surface area contributed by atoms with E-state index in [0.717, 1.165) is 22.6 Å². The standard InChI is InChI=1S/C19H21N3O2/c1-22(13-14-24-15-7-3-2-4-8-15)19(23)12-11-18-20-16-9-5-6-10-17(16)21-18/h2-10H,11-14H2,1H3,(H,20,21). The quantitative estimate of drug-likeness (QED) is 0.727. The molecule has 1 N–H and O–H groups in total. The molecule has 24 heavy (non-hydrogen) atoms. The lowest BCUT2D eigenvalue weighted by atomic mass is 10.2. The molecule has 5 nitrogen and oxygen atoms in total. The number of hydrogen-bond donors (Lipinski definition) is 1. The van der Waals surface area contributed by atoms with Crippen LogP contribution in [0.2, 0.25) is 0 Å². The molecular weight excluding hydrogens is 302 g/mol. The minimum Gasteiger partial charge on any atom is -0.492 e. The van der Waals surface area contributed by atoms with Gasteiger partial charge in [-0.1, -0.05) is 30.3 Å². The third kappa shape index (κ3) is 4.13. The number of aromatic nitrogens is 2. The van der Waals surface area contributed by atoms with E-state index >= 15 is 0 Å². The number of benzene rings is 2. The lowest BCUT2D eigenvalue weighted by Crippen LogP contribution is -2.31. The highest BCUT2D eigenvalue weighted by molar-refractivity contribution is 5.77. The molecule has 0 radical (unpaired) electrons. The van der Waals surface area contributed by atoms with Crippen molar-refractivity contribution in [3.63, 3.8) is 0 Å². The second kappa shape index (κ2) is 7.64. The van der Waals surface area contributed by atoms with Crippen molar-refractivity contribution in [3.05, 3.63) is 60.4 Å². The zero-order chi connectivity index (χ0) is 16.8. The maximum atomic E-state index is 12.2. The Morgan fingerprint density at radius 1 is 1.12 bits per heavy atom. The molecular formula is C19H21N3O2. The van der Waals surface area contributed by atoms with Crippen LogP contribution in [-0.4, -0.2) is 41.0 Å². The SMILES string of the molecule is CN(CCOc1ccccc1)C(=O)CCc1nc2ccccc2[nH]1. The molecule has 1 amide bonds. The maximum absolute atomic E-state index is 12.2. The van der Waals surface area contributed by atoms with Gasteiger partial charge in [0.1, 0.15) is 18.2 Å². The van der Waals surface area contributed by atoms with E-state index in [9.17, 15) is 4.79 Å². The second-order valence-electron chi connectivity index (χ2n) is 5.68. The van der Waals surface area contributed by atoms with Crippen LogP contribution in [0.3, 0.4) is 0 Å². The van der Waals surface area contributed by atoms with E-state index in [1.807, 2.05) is 54.6 Å². The number of amides is 1. The highest BCUT2D eigenvalue weighted by Gasteiger charge is 2.10. The largest absolute Gasteiger partial charge is 0.492 e. The number of nitrogens with zero attached hydrogens (tertiary/aromatic N) is 2. The summed E-state index contributed by atoms with van der Waals surface area (Å²) in [6.45, 7) is 1.05. The number of imidazole rings is 1. The number of ether oxygens (including phenoxy) is 1. The fourth-order valence-electron chi connectivity index (χ4n) is 2.48. The lowest BCUT2D eigenvalue weighted by Gasteiger charge is -2.17. The van der Waals surface area contributed by atoms with Crippen LogP contribution in [0.25, 0.3) is 11.0 Å². The molecule has 0 spiro atoms. The number of hydrogen-bond acceptors (Lipinski definition) is 3. The number of fused-ring (bicyclic) bond motifs is 1. The molecule has 0 unspecified atom stereocenters. The molecule has 0 saturated heterocycles. The third-order valence-electron chi connectivity index (χ3n) is 3.88. The Kier molecular flexibility index (Phi) is 5.11. The van der Waals surface area contributed by atoms with Crippen molar-refractivity contribution in [2.24, 2.45) is 0 Å². The highest BCUT2D eigenvalue weighted by Crippen LogP contribution is 2.12.